The first-order valence-electron chi connectivity index (χ1n) is 11.5. The maximum absolute atomic E-state index is 12.3. The van der Waals surface area contributed by atoms with Gasteiger partial charge in [0.1, 0.15) is 5.52 Å². The highest BCUT2D eigenvalue weighted by Crippen LogP contribution is 2.28. The third-order valence-corrected chi connectivity index (χ3v) is 6.02. The smallest absolute Gasteiger partial charge is 0.248 e. The number of nitrogens with one attached hydrogen (secondary N) is 1. The van der Waals surface area contributed by atoms with Crippen molar-refractivity contribution in [3.05, 3.63) is 89.5 Å². The fourth-order valence-corrected chi connectivity index (χ4v) is 3.65. The summed E-state index contributed by atoms with van der Waals surface area (Å²) in [4.78, 5) is 17.0. The monoisotopic (exact) mass is 438 g/mol. The van der Waals surface area contributed by atoms with Crippen LogP contribution in [0.3, 0.4) is 0 Å². The number of hydrogen-bond donors (Lipinski definition) is 1. The number of aromatic nitrogens is 1. The van der Waals surface area contributed by atoms with Crippen molar-refractivity contribution in [2.24, 2.45) is 0 Å². The summed E-state index contributed by atoms with van der Waals surface area (Å²) in [5.74, 6) is 1.39. The van der Waals surface area contributed by atoms with Gasteiger partial charge in [-0.3, -0.25) is 4.79 Å². The van der Waals surface area contributed by atoms with Gasteiger partial charge in [-0.25, -0.2) is 4.98 Å². The summed E-state index contributed by atoms with van der Waals surface area (Å²) in [5, 5.41) is 2.90. The molecule has 4 nitrogen and oxygen atoms in total. The Labute approximate surface area is 195 Å². The molecule has 0 saturated heterocycles. The van der Waals surface area contributed by atoms with Crippen LogP contribution in [0.4, 0.5) is 5.69 Å². The van der Waals surface area contributed by atoms with E-state index in [1.807, 2.05) is 48.5 Å². The Morgan fingerprint density at radius 3 is 2.33 bits per heavy atom. The van der Waals surface area contributed by atoms with Crippen LogP contribution in [-0.2, 0) is 4.79 Å². The van der Waals surface area contributed by atoms with Crippen molar-refractivity contribution in [3.8, 4) is 11.5 Å². The fourth-order valence-electron chi connectivity index (χ4n) is 3.65. The second-order valence-corrected chi connectivity index (χ2v) is 8.78. The highest BCUT2D eigenvalue weighted by molar-refractivity contribution is 6.02. The number of anilines is 1. The predicted molar refractivity (Wildman–Crippen MR) is 136 cm³/mol. The van der Waals surface area contributed by atoms with Gasteiger partial charge in [0.2, 0.25) is 11.8 Å². The first-order valence-corrected chi connectivity index (χ1v) is 11.5. The van der Waals surface area contributed by atoms with Crippen LogP contribution in [0.2, 0.25) is 0 Å². The van der Waals surface area contributed by atoms with Crippen LogP contribution in [-0.4, -0.2) is 10.9 Å². The maximum atomic E-state index is 12.3. The number of carbonyl (C=O) groups excluding carboxylic acids is 1. The molecule has 4 heteroatoms. The van der Waals surface area contributed by atoms with Crippen molar-refractivity contribution in [2.75, 3.05) is 5.32 Å². The van der Waals surface area contributed by atoms with Gasteiger partial charge in [0, 0.05) is 17.3 Å². The van der Waals surface area contributed by atoms with Gasteiger partial charge in [-0.1, -0.05) is 58.0 Å². The average molecular weight is 439 g/mol. The molecule has 1 N–H and O–H groups in total. The number of benzene rings is 3. The molecule has 1 amide bonds. The Morgan fingerprint density at radius 2 is 1.67 bits per heavy atom. The van der Waals surface area contributed by atoms with Crippen molar-refractivity contribution in [1.82, 2.24) is 4.98 Å². The number of hydrogen-bond acceptors (Lipinski definition) is 3. The van der Waals surface area contributed by atoms with E-state index in [1.54, 1.807) is 6.08 Å². The summed E-state index contributed by atoms with van der Waals surface area (Å²) in [6.07, 6.45) is 4.46. The number of oxazole rings is 1. The third-order valence-electron chi connectivity index (χ3n) is 6.02. The Kier molecular flexibility index (Phi) is 6.74. The van der Waals surface area contributed by atoms with E-state index in [1.165, 1.54) is 11.1 Å². The predicted octanol–water partition coefficient (Wildman–Crippen LogP) is 7.78. The summed E-state index contributed by atoms with van der Waals surface area (Å²) in [6, 6.07) is 22.0. The van der Waals surface area contributed by atoms with Crippen LogP contribution in [0.15, 0.2) is 77.2 Å². The highest BCUT2D eigenvalue weighted by Gasteiger charge is 2.11. The molecule has 1 atom stereocenters. The minimum absolute atomic E-state index is 0.171. The molecule has 0 radical (unpaired) electrons. The van der Waals surface area contributed by atoms with E-state index in [9.17, 15) is 4.79 Å². The molecular weight excluding hydrogens is 408 g/mol. The van der Waals surface area contributed by atoms with Gasteiger partial charge >= 0.3 is 0 Å². The summed E-state index contributed by atoms with van der Waals surface area (Å²) < 4.78 is 5.94. The lowest BCUT2D eigenvalue weighted by Gasteiger charge is -2.07. The number of amides is 1. The molecule has 0 fully saturated rings. The second-order valence-electron chi connectivity index (χ2n) is 8.78. The Balaban J connectivity index is 1.42. The van der Waals surface area contributed by atoms with E-state index in [-0.39, 0.29) is 5.91 Å². The zero-order valence-corrected chi connectivity index (χ0v) is 19.6. The molecule has 4 aromatic rings. The quantitative estimate of drug-likeness (QED) is 0.300. The van der Waals surface area contributed by atoms with Crippen molar-refractivity contribution < 1.29 is 9.21 Å². The SMILES string of the molecule is CC[C@H](C)c1ccc2oc(-c3ccc(NC(=O)/C=C/c4ccc(C(C)C)cc4)cc3)nc2c1. The van der Waals surface area contributed by atoms with E-state index in [4.69, 9.17) is 4.42 Å². The molecule has 0 aliphatic rings. The fraction of sp³-hybridized carbons (Fsp3) is 0.241. The largest absolute Gasteiger partial charge is 0.436 e. The number of nitrogens with zero attached hydrogens (tertiary/aromatic N) is 1. The van der Waals surface area contributed by atoms with Crippen molar-refractivity contribution in [3.63, 3.8) is 0 Å². The molecule has 0 aliphatic carbocycles. The van der Waals surface area contributed by atoms with Crippen LogP contribution in [0, 0.1) is 0 Å². The number of fused-ring (bicyclic) bond motifs is 1. The maximum Gasteiger partial charge on any atom is 0.248 e. The van der Waals surface area contributed by atoms with Gasteiger partial charge in [-0.15, -0.1) is 0 Å². The van der Waals surface area contributed by atoms with Gasteiger partial charge in [0.15, 0.2) is 5.58 Å². The summed E-state index contributed by atoms with van der Waals surface area (Å²) >= 11 is 0. The normalized spacial score (nSPS) is 12.5. The third kappa shape index (κ3) is 5.40. The minimum Gasteiger partial charge on any atom is -0.436 e. The van der Waals surface area contributed by atoms with E-state index in [0.717, 1.165) is 34.3 Å². The first-order chi connectivity index (χ1) is 15.9. The van der Waals surface area contributed by atoms with E-state index >= 15 is 0 Å². The number of carbonyl (C=O) groups is 1. The van der Waals surface area contributed by atoms with Gasteiger partial charge in [0.25, 0.3) is 0 Å². The van der Waals surface area contributed by atoms with Crippen molar-refractivity contribution in [2.45, 2.75) is 46.0 Å². The molecule has 1 aromatic heterocycles. The van der Waals surface area contributed by atoms with E-state index < -0.39 is 0 Å². The standard InChI is InChI=1S/C29H30N2O2/c1-5-20(4)24-13-16-27-26(18-24)31-29(33-27)23-11-14-25(15-12-23)30-28(32)17-8-21-6-9-22(10-7-21)19(2)3/h6-20H,5H2,1-4H3,(H,30,32)/b17-8+/t20-/m0/s1. The van der Waals surface area contributed by atoms with Crippen LogP contribution < -0.4 is 5.32 Å². The van der Waals surface area contributed by atoms with Crippen LogP contribution in [0.1, 0.15) is 62.6 Å². The lowest BCUT2D eigenvalue weighted by molar-refractivity contribution is -0.111. The van der Waals surface area contributed by atoms with Crippen molar-refractivity contribution >= 4 is 28.8 Å². The molecule has 0 spiro atoms. The van der Waals surface area contributed by atoms with Gasteiger partial charge < -0.3 is 9.73 Å². The summed E-state index contributed by atoms with van der Waals surface area (Å²) in [6.45, 7) is 8.73. The van der Waals surface area contributed by atoms with Crippen molar-refractivity contribution in [1.29, 1.82) is 0 Å². The Hall–Kier alpha value is -3.66. The molecule has 0 bridgehead atoms. The zero-order valence-electron chi connectivity index (χ0n) is 19.6. The van der Waals surface area contributed by atoms with E-state index in [0.29, 0.717) is 17.7 Å². The van der Waals surface area contributed by atoms with Crippen LogP contribution >= 0.6 is 0 Å². The number of rotatable bonds is 7. The molecule has 0 aliphatic heterocycles. The minimum atomic E-state index is -0.171. The van der Waals surface area contributed by atoms with Gasteiger partial charge in [-0.2, -0.15) is 0 Å². The summed E-state index contributed by atoms with van der Waals surface area (Å²) in [7, 11) is 0. The lowest BCUT2D eigenvalue weighted by Crippen LogP contribution is -2.07. The Morgan fingerprint density at radius 1 is 0.970 bits per heavy atom. The molecular formula is C29H30N2O2. The molecule has 0 saturated carbocycles. The second kappa shape index (κ2) is 9.86. The average Bonchev–Trinajstić information content (AvgIpc) is 3.26. The van der Waals surface area contributed by atoms with E-state index in [2.05, 4.69) is 62.3 Å². The van der Waals surface area contributed by atoms with Crippen LogP contribution in [0.5, 0.6) is 0 Å². The summed E-state index contributed by atoms with van der Waals surface area (Å²) in [5.41, 5.74) is 6.79. The topological polar surface area (TPSA) is 55.1 Å². The molecule has 4 rings (SSSR count). The molecule has 3 aromatic carbocycles. The molecule has 1 heterocycles. The van der Waals surface area contributed by atoms with Gasteiger partial charge in [-0.05, 0) is 77.4 Å². The first kappa shape index (κ1) is 22.5. The highest BCUT2D eigenvalue weighted by atomic mass is 16.3. The Bertz CT molecular complexity index is 1270. The molecule has 168 valence electrons. The van der Waals surface area contributed by atoms with Gasteiger partial charge in [0.05, 0.1) is 0 Å². The lowest BCUT2D eigenvalue weighted by atomic mass is 9.98. The van der Waals surface area contributed by atoms with Crippen LogP contribution in [0.25, 0.3) is 28.6 Å². The molecule has 33 heavy (non-hydrogen) atoms. The zero-order chi connectivity index (χ0) is 23.4. The molecule has 0 unspecified atom stereocenters.